The molecule has 0 bridgehead atoms. The Morgan fingerprint density at radius 2 is 2.00 bits per heavy atom. The molecule has 0 radical (unpaired) electrons. The zero-order chi connectivity index (χ0) is 18.8. The Morgan fingerprint density at radius 3 is 2.74 bits per heavy atom. The quantitative estimate of drug-likeness (QED) is 0.512. The van der Waals surface area contributed by atoms with Gasteiger partial charge in [0.15, 0.2) is 10.8 Å². The summed E-state index contributed by atoms with van der Waals surface area (Å²) in [5.74, 6) is -0.550. The molecule has 27 heavy (non-hydrogen) atoms. The van der Waals surface area contributed by atoms with Crippen LogP contribution in [0.2, 0.25) is 0 Å². The molecule has 0 spiro atoms. The third kappa shape index (κ3) is 3.59. The second-order valence-corrected chi connectivity index (χ2v) is 7.05. The van der Waals surface area contributed by atoms with Gasteiger partial charge in [0.1, 0.15) is 5.82 Å². The summed E-state index contributed by atoms with van der Waals surface area (Å²) in [5.41, 5.74) is 2.01. The van der Waals surface area contributed by atoms with E-state index in [0.717, 1.165) is 5.56 Å². The van der Waals surface area contributed by atoms with Crippen LogP contribution in [-0.2, 0) is 13.1 Å². The summed E-state index contributed by atoms with van der Waals surface area (Å²) in [7, 11) is 0. The van der Waals surface area contributed by atoms with Crippen molar-refractivity contribution in [2.75, 3.05) is 4.90 Å². The number of thiazole rings is 1. The number of carbonyl (C=O) groups excluding carboxylic acids is 1. The number of halogens is 1. The Morgan fingerprint density at radius 1 is 1.19 bits per heavy atom. The predicted molar refractivity (Wildman–Crippen MR) is 104 cm³/mol. The van der Waals surface area contributed by atoms with Crippen LogP contribution in [0, 0.1) is 5.82 Å². The summed E-state index contributed by atoms with van der Waals surface area (Å²) in [4.78, 5) is 19.3. The van der Waals surface area contributed by atoms with Crippen LogP contribution in [0.4, 0.5) is 9.52 Å². The van der Waals surface area contributed by atoms with Crippen LogP contribution >= 0.6 is 11.3 Å². The van der Waals surface area contributed by atoms with Crippen molar-refractivity contribution >= 4 is 32.6 Å². The van der Waals surface area contributed by atoms with Crippen molar-refractivity contribution in [3.05, 3.63) is 77.9 Å². The lowest BCUT2D eigenvalue weighted by Crippen LogP contribution is -2.30. The number of aromatic nitrogens is 3. The summed E-state index contributed by atoms with van der Waals surface area (Å²) >= 11 is 1.29. The minimum atomic E-state index is -0.319. The zero-order valence-electron chi connectivity index (χ0n) is 14.7. The third-order valence-corrected chi connectivity index (χ3v) is 5.22. The average Bonchev–Trinajstić information content (AvgIpc) is 3.32. The van der Waals surface area contributed by atoms with Gasteiger partial charge in [-0.25, -0.2) is 9.37 Å². The van der Waals surface area contributed by atoms with E-state index in [9.17, 15) is 9.18 Å². The Balaban J connectivity index is 1.75. The molecule has 0 aliphatic rings. The average molecular weight is 380 g/mol. The van der Waals surface area contributed by atoms with Gasteiger partial charge in [-0.05, 0) is 36.8 Å². The van der Waals surface area contributed by atoms with Crippen molar-refractivity contribution in [1.29, 1.82) is 0 Å². The number of aryl methyl sites for hydroxylation is 1. The van der Waals surface area contributed by atoms with Gasteiger partial charge < -0.3 is 0 Å². The number of benzene rings is 2. The van der Waals surface area contributed by atoms with Gasteiger partial charge in [0.05, 0.1) is 16.8 Å². The summed E-state index contributed by atoms with van der Waals surface area (Å²) in [6.07, 6.45) is 1.78. The first-order valence-corrected chi connectivity index (χ1v) is 9.41. The third-order valence-electron chi connectivity index (χ3n) is 4.18. The van der Waals surface area contributed by atoms with Crippen molar-refractivity contribution in [2.45, 2.75) is 20.0 Å². The maximum absolute atomic E-state index is 13.5. The van der Waals surface area contributed by atoms with E-state index in [-0.39, 0.29) is 11.7 Å². The van der Waals surface area contributed by atoms with Crippen molar-refractivity contribution in [3.8, 4) is 0 Å². The number of hydrogen-bond donors (Lipinski definition) is 0. The van der Waals surface area contributed by atoms with Crippen LogP contribution in [0.15, 0.2) is 60.8 Å². The first-order valence-electron chi connectivity index (χ1n) is 8.59. The molecule has 0 saturated carbocycles. The van der Waals surface area contributed by atoms with Crippen LogP contribution in [0.3, 0.4) is 0 Å². The Hall–Kier alpha value is -3.06. The fourth-order valence-electron chi connectivity index (χ4n) is 2.78. The van der Waals surface area contributed by atoms with Crippen LogP contribution in [-0.4, -0.2) is 20.7 Å². The van der Waals surface area contributed by atoms with Crippen LogP contribution in [0.5, 0.6) is 0 Å². The molecule has 2 aromatic carbocycles. The van der Waals surface area contributed by atoms with E-state index >= 15 is 0 Å². The zero-order valence-corrected chi connectivity index (χ0v) is 15.5. The number of nitrogens with zero attached hydrogens (tertiary/aromatic N) is 4. The van der Waals surface area contributed by atoms with E-state index in [1.54, 1.807) is 27.9 Å². The van der Waals surface area contributed by atoms with Crippen LogP contribution in [0.25, 0.3) is 10.2 Å². The SMILES string of the molecule is CCn1ccc(C(=O)N(Cc2ccccc2)c2nc3ccc(F)cc3s2)n1. The van der Waals surface area contributed by atoms with Gasteiger partial charge in [-0.15, -0.1) is 0 Å². The Labute approximate surface area is 159 Å². The van der Waals surface area contributed by atoms with Gasteiger partial charge in [0.25, 0.3) is 5.91 Å². The molecule has 0 atom stereocenters. The molecule has 2 aromatic heterocycles. The van der Waals surface area contributed by atoms with E-state index in [1.807, 2.05) is 37.3 Å². The van der Waals surface area contributed by atoms with E-state index < -0.39 is 0 Å². The summed E-state index contributed by atoms with van der Waals surface area (Å²) in [6, 6.07) is 15.8. The normalized spacial score (nSPS) is 11.0. The molecule has 0 saturated heterocycles. The molecule has 0 fully saturated rings. The standard InChI is InChI=1S/C20H17FN4OS/c1-2-24-11-10-17(23-24)19(26)25(13-14-6-4-3-5-7-14)20-22-16-9-8-15(21)12-18(16)27-20/h3-12H,2,13H2,1H3. The van der Waals surface area contributed by atoms with Gasteiger partial charge in [-0.2, -0.15) is 5.10 Å². The van der Waals surface area contributed by atoms with Crippen molar-refractivity contribution in [2.24, 2.45) is 0 Å². The molecule has 0 aliphatic heterocycles. The van der Waals surface area contributed by atoms with Gasteiger partial charge >= 0.3 is 0 Å². The lowest BCUT2D eigenvalue weighted by molar-refractivity contribution is 0.0979. The highest BCUT2D eigenvalue weighted by Crippen LogP contribution is 2.31. The molecule has 4 aromatic rings. The minimum absolute atomic E-state index is 0.231. The lowest BCUT2D eigenvalue weighted by Gasteiger charge is -2.19. The van der Waals surface area contributed by atoms with Crippen molar-refractivity contribution in [3.63, 3.8) is 0 Å². The van der Waals surface area contributed by atoms with Crippen molar-refractivity contribution in [1.82, 2.24) is 14.8 Å². The number of anilines is 1. The molecule has 0 aliphatic carbocycles. The van der Waals surface area contributed by atoms with Crippen LogP contribution in [0.1, 0.15) is 23.0 Å². The van der Waals surface area contributed by atoms with E-state index in [0.29, 0.717) is 34.1 Å². The maximum Gasteiger partial charge on any atom is 0.280 e. The maximum atomic E-state index is 13.5. The monoisotopic (exact) mass is 380 g/mol. The second kappa shape index (κ2) is 7.28. The van der Waals surface area contributed by atoms with Crippen molar-refractivity contribution < 1.29 is 9.18 Å². The van der Waals surface area contributed by atoms with E-state index in [4.69, 9.17) is 0 Å². The highest BCUT2D eigenvalue weighted by molar-refractivity contribution is 7.22. The summed E-state index contributed by atoms with van der Waals surface area (Å²) in [5, 5.41) is 4.85. The molecule has 7 heteroatoms. The molecule has 4 rings (SSSR count). The van der Waals surface area contributed by atoms with E-state index in [2.05, 4.69) is 10.1 Å². The number of rotatable bonds is 5. The largest absolute Gasteiger partial charge is 0.280 e. The molecule has 5 nitrogen and oxygen atoms in total. The van der Waals surface area contributed by atoms with Gasteiger partial charge in [0.2, 0.25) is 0 Å². The highest BCUT2D eigenvalue weighted by atomic mass is 32.1. The summed E-state index contributed by atoms with van der Waals surface area (Å²) < 4.78 is 16.0. The van der Waals surface area contributed by atoms with Gasteiger partial charge in [-0.3, -0.25) is 14.4 Å². The smallest absolute Gasteiger partial charge is 0.278 e. The Kier molecular flexibility index (Phi) is 4.68. The predicted octanol–water partition coefficient (Wildman–Crippen LogP) is 4.50. The lowest BCUT2D eigenvalue weighted by atomic mass is 10.2. The Bertz CT molecular complexity index is 1090. The molecule has 0 unspecified atom stereocenters. The van der Waals surface area contributed by atoms with Gasteiger partial charge in [-0.1, -0.05) is 41.7 Å². The fraction of sp³-hybridized carbons (Fsp3) is 0.150. The second-order valence-electron chi connectivity index (χ2n) is 6.04. The number of hydrogen-bond acceptors (Lipinski definition) is 4. The minimum Gasteiger partial charge on any atom is -0.278 e. The first-order chi connectivity index (χ1) is 13.1. The molecule has 0 N–H and O–H groups in total. The number of carbonyl (C=O) groups is 1. The molecule has 1 amide bonds. The molecular formula is C20H17FN4OS. The highest BCUT2D eigenvalue weighted by Gasteiger charge is 2.23. The van der Waals surface area contributed by atoms with Crippen LogP contribution < -0.4 is 4.90 Å². The number of fused-ring (bicyclic) bond motifs is 1. The molecule has 136 valence electrons. The molecule has 2 heterocycles. The van der Waals surface area contributed by atoms with E-state index in [1.165, 1.54) is 23.5 Å². The fourth-order valence-corrected chi connectivity index (χ4v) is 3.77. The first kappa shape index (κ1) is 17.4. The number of amides is 1. The topological polar surface area (TPSA) is 51.0 Å². The summed E-state index contributed by atoms with van der Waals surface area (Å²) in [6.45, 7) is 3.01. The molecular weight excluding hydrogens is 363 g/mol. The van der Waals surface area contributed by atoms with Gasteiger partial charge in [0, 0.05) is 12.7 Å².